The molecule has 0 bridgehead atoms. The zero-order valence-electron chi connectivity index (χ0n) is 8.83. The molecule has 86 valence electrons. The van der Waals surface area contributed by atoms with E-state index in [1.54, 1.807) is 30.5 Å². The fraction of sp³-hybridized carbons (Fsp3) is 0. The van der Waals surface area contributed by atoms with Gasteiger partial charge in [-0.3, -0.25) is 5.32 Å². The van der Waals surface area contributed by atoms with Crippen LogP contribution in [-0.2, 0) is 0 Å². The average molecular weight is 230 g/mol. The van der Waals surface area contributed by atoms with Gasteiger partial charge in [-0.1, -0.05) is 6.07 Å². The summed E-state index contributed by atoms with van der Waals surface area (Å²) < 4.78 is 5.42. The molecule has 0 aliphatic carbocycles. The number of primary amides is 1. The monoisotopic (exact) mass is 230 g/mol. The highest BCUT2D eigenvalue weighted by Crippen LogP contribution is 2.18. The normalized spacial score (nSPS) is 9.65. The van der Waals surface area contributed by atoms with Gasteiger partial charge in [-0.05, 0) is 18.2 Å². The van der Waals surface area contributed by atoms with Crippen LogP contribution in [0, 0.1) is 0 Å². The Kier molecular flexibility index (Phi) is 3.15. The van der Waals surface area contributed by atoms with E-state index in [0.717, 1.165) is 0 Å². The molecule has 2 heterocycles. The van der Waals surface area contributed by atoms with Gasteiger partial charge >= 0.3 is 6.03 Å². The standard InChI is InChI=1S/C11H10N4O2/c12-11(16)15-9-5-4-8(7-14-9)17-10-3-1-2-6-13-10/h1-7H,(H3,12,14,15,16). The molecule has 0 aromatic carbocycles. The van der Waals surface area contributed by atoms with Crippen molar-refractivity contribution in [1.82, 2.24) is 9.97 Å². The van der Waals surface area contributed by atoms with Crippen LogP contribution in [0.1, 0.15) is 0 Å². The van der Waals surface area contributed by atoms with Crippen LogP contribution in [0.25, 0.3) is 0 Å². The van der Waals surface area contributed by atoms with Crippen LogP contribution in [0.2, 0.25) is 0 Å². The summed E-state index contributed by atoms with van der Waals surface area (Å²) >= 11 is 0. The molecule has 0 fully saturated rings. The first-order chi connectivity index (χ1) is 8.24. The van der Waals surface area contributed by atoms with Crippen LogP contribution in [0.5, 0.6) is 11.6 Å². The van der Waals surface area contributed by atoms with Crippen LogP contribution in [0.4, 0.5) is 10.6 Å². The minimum absolute atomic E-state index is 0.367. The van der Waals surface area contributed by atoms with Crippen molar-refractivity contribution < 1.29 is 9.53 Å². The lowest BCUT2D eigenvalue weighted by molar-refractivity contribution is 0.259. The molecule has 6 heteroatoms. The molecule has 2 rings (SSSR count). The SMILES string of the molecule is NC(=O)Nc1ccc(Oc2ccccn2)cn1. The second kappa shape index (κ2) is 4.93. The number of rotatable bonds is 3. The Morgan fingerprint density at radius 3 is 2.71 bits per heavy atom. The topological polar surface area (TPSA) is 90.1 Å². The number of carbonyl (C=O) groups excluding carboxylic acids is 1. The van der Waals surface area contributed by atoms with Gasteiger partial charge < -0.3 is 10.5 Å². The predicted octanol–water partition coefficient (Wildman–Crippen LogP) is 1.76. The summed E-state index contributed by atoms with van der Waals surface area (Å²) in [5, 5.41) is 2.35. The Labute approximate surface area is 97.5 Å². The molecular weight excluding hydrogens is 220 g/mol. The molecule has 0 saturated carbocycles. The lowest BCUT2D eigenvalue weighted by Gasteiger charge is -2.04. The maximum absolute atomic E-state index is 10.6. The number of hydrogen-bond donors (Lipinski definition) is 2. The van der Waals surface area contributed by atoms with Crippen molar-refractivity contribution in [3.8, 4) is 11.6 Å². The zero-order chi connectivity index (χ0) is 12.1. The molecule has 0 spiro atoms. The van der Waals surface area contributed by atoms with E-state index in [4.69, 9.17) is 10.5 Å². The summed E-state index contributed by atoms with van der Waals surface area (Å²) in [5.41, 5.74) is 4.95. The Morgan fingerprint density at radius 1 is 1.24 bits per heavy atom. The fourth-order valence-corrected chi connectivity index (χ4v) is 1.17. The van der Waals surface area contributed by atoms with Crippen LogP contribution < -0.4 is 15.8 Å². The van der Waals surface area contributed by atoms with Crippen molar-refractivity contribution in [3.63, 3.8) is 0 Å². The average Bonchev–Trinajstić information content (AvgIpc) is 2.32. The molecular formula is C11H10N4O2. The maximum Gasteiger partial charge on any atom is 0.317 e. The highest BCUT2D eigenvalue weighted by Gasteiger charge is 2.00. The number of carbonyl (C=O) groups is 1. The van der Waals surface area contributed by atoms with E-state index in [9.17, 15) is 4.79 Å². The van der Waals surface area contributed by atoms with Crippen molar-refractivity contribution >= 4 is 11.8 Å². The van der Waals surface area contributed by atoms with Gasteiger partial charge in [-0.2, -0.15) is 0 Å². The first-order valence-corrected chi connectivity index (χ1v) is 4.85. The van der Waals surface area contributed by atoms with Gasteiger partial charge in [0.15, 0.2) is 0 Å². The first-order valence-electron chi connectivity index (χ1n) is 4.85. The van der Waals surface area contributed by atoms with Gasteiger partial charge in [-0.15, -0.1) is 0 Å². The van der Waals surface area contributed by atoms with E-state index in [1.807, 2.05) is 6.07 Å². The summed E-state index contributed by atoms with van der Waals surface area (Å²) in [5.74, 6) is 1.37. The number of hydrogen-bond acceptors (Lipinski definition) is 4. The van der Waals surface area contributed by atoms with E-state index in [2.05, 4.69) is 15.3 Å². The number of nitrogens with one attached hydrogen (secondary N) is 1. The van der Waals surface area contributed by atoms with E-state index < -0.39 is 6.03 Å². The predicted molar refractivity (Wildman–Crippen MR) is 61.8 cm³/mol. The first kappa shape index (κ1) is 10.9. The smallest absolute Gasteiger partial charge is 0.317 e. The number of nitrogens with zero attached hydrogens (tertiary/aromatic N) is 2. The fourth-order valence-electron chi connectivity index (χ4n) is 1.17. The summed E-state index contributed by atoms with van der Waals surface area (Å²) in [4.78, 5) is 18.5. The molecule has 6 nitrogen and oxygen atoms in total. The molecule has 3 N–H and O–H groups in total. The van der Waals surface area contributed by atoms with Crippen molar-refractivity contribution in [2.75, 3.05) is 5.32 Å². The number of aromatic nitrogens is 2. The van der Waals surface area contributed by atoms with Crippen LogP contribution in [-0.4, -0.2) is 16.0 Å². The molecule has 0 aliphatic rings. The van der Waals surface area contributed by atoms with Crippen LogP contribution in [0.3, 0.4) is 0 Å². The number of ether oxygens (including phenoxy) is 1. The third kappa shape index (κ3) is 3.16. The van der Waals surface area contributed by atoms with E-state index in [-0.39, 0.29) is 0 Å². The van der Waals surface area contributed by atoms with Crippen molar-refractivity contribution in [1.29, 1.82) is 0 Å². The Balaban J connectivity index is 2.06. The molecule has 0 aliphatic heterocycles. The number of urea groups is 1. The Morgan fingerprint density at radius 2 is 2.12 bits per heavy atom. The minimum atomic E-state index is -0.657. The van der Waals surface area contributed by atoms with E-state index in [1.165, 1.54) is 6.20 Å². The summed E-state index contributed by atoms with van der Waals surface area (Å²) in [6.07, 6.45) is 3.10. The molecule has 0 radical (unpaired) electrons. The van der Waals surface area contributed by atoms with Gasteiger partial charge in [0.25, 0.3) is 0 Å². The van der Waals surface area contributed by atoms with Gasteiger partial charge in [-0.25, -0.2) is 14.8 Å². The molecule has 0 saturated heterocycles. The van der Waals surface area contributed by atoms with Gasteiger partial charge in [0, 0.05) is 12.3 Å². The largest absolute Gasteiger partial charge is 0.437 e. The van der Waals surface area contributed by atoms with Crippen molar-refractivity contribution in [2.45, 2.75) is 0 Å². The number of pyridine rings is 2. The van der Waals surface area contributed by atoms with Gasteiger partial charge in [0.1, 0.15) is 11.6 Å². The van der Waals surface area contributed by atoms with Crippen LogP contribution >= 0.6 is 0 Å². The molecule has 2 aromatic rings. The summed E-state index contributed by atoms with van der Waals surface area (Å²) in [6.45, 7) is 0. The summed E-state index contributed by atoms with van der Waals surface area (Å²) in [6, 6.07) is 7.94. The van der Waals surface area contributed by atoms with Gasteiger partial charge in [0.05, 0.1) is 6.20 Å². The minimum Gasteiger partial charge on any atom is -0.437 e. The van der Waals surface area contributed by atoms with Gasteiger partial charge in [0.2, 0.25) is 5.88 Å². The Hall–Kier alpha value is -2.63. The van der Waals surface area contributed by atoms with Crippen molar-refractivity contribution in [2.24, 2.45) is 5.73 Å². The third-order valence-electron chi connectivity index (χ3n) is 1.85. The molecule has 0 unspecified atom stereocenters. The lowest BCUT2D eigenvalue weighted by atomic mass is 10.4. The van der Waals surface area contributed by atoms with Crippen LogP contribution in [0.15, 0.2) is 42.7 Å². The molecule has 17 heavy (non-hydrogen) atoms. The second-order valence-electron chi connectivity index (χ2n) is 3.14. The number of nitrogens with two attached hydrogens (primary N) is 1. The molecule has 2 amide bonds. The zero-order valence-corrected chi connectivity index (χ0v) is 8.83. The highest BCUT2D eigenvalue weighted by molar-refractivity contribution is 5.86. The van der Waals surface area contributed by atoms with Crippen molar-refractivity contribution in [3.05, 3.63) is 42.7 Å². The second-order valence-corrected chi connectivity index (χ2v) is 3.14. The maximum atomic E-state index is 10.6. The quantitative estimate of drug-likeness (QED) is 0.840. The molecule has 0 atom stereocenters. The molecule has 2 aromatic heterocycles. The summed E-state index contributed by atoms with van der Waals surface area (Å²) in [7, 11) is 0. The highest BCUT2D eigenvalue weighted by atomic mass is 16.5. The van der Waals surface area contributed by atoms with E-state index >= 15 is 0 Å². The third-order valence-corrected chi connectivity index (χ3v) is 1.85. The Bertz CT molecular complexity index is 499. The number of amides is 2. The lowest BCUT2D eigenvalue weighted by Crippen LogP contribution is -2.19. The number of anilines is 1. The van der Waals surface area contributed by atoms with E-state index in [0.29, 0.717) is 17.4 Å².